The molecule has 1 amide bonds. The molecule has 0 fully saturated rings. The Labute approximate surface area is 174 Å². The molecule has 0 aliphatic rings. The van der Waals surface area contributed by atoms with E-state index in [0.29, 0.717) is 16.3 Å². The van der Waals surface area contributed by atoms with Crippen LogP contribution in [0.5, 0.6) is 0 Å². The minimum atomic E-state index is -3.93. The van der Waals surface area contributed by atoms with Crippen LogP contribution in [0.1, 0.15) is 24.5 Å². The molecule has 0 saturated carbocycles. The lowest BCUT2D eigenvalue weighted by atomic mass is 10.1. The van der Waals surface area contributed by atoms with Crippen molar-refractivity contribution in [3.63, 3.8) is 0 Å². The molecule has 8 nitrogen and oxygen atoms in total. The first-order valence-electron chi connectivity index (χ1n) is 8.77. The largest absolute Gasteiger partial charge is 0.324 e. The molecule has 156 valence electrons. The molecule has 1 unspecified atom stereocenters. The van der Waals surface area contributed by atoms with Crippen LogP contribution in [0.3, 0.4) is 0 Å². The number of benzene rings is 2. The molecule has 0 aliphatic heterocycles. The van der Waals surface area contributed by atoms with Crippen LogP contribution in [-0.2, 0) is 14.8 Å². The number of anilines is 2. The molecule has 0 saturated heterocycles. The Hall–Kier alpha value is -2.65. The van der Waals surface area contributed by atoms with Gasteiger partial charge < -0.3 is 5.32 Å². The summed E-state index contributed by atoms with van der Waals surface area (Å²) >= 11 is 5.99. The molecule has 0 heterocycles. The predicted octanol–water partition coefficient (Wildman–Crippen LogP) is 4.05. The van der Waals surface area contributed by atoms with E-state index in [2.05, 4.69) is 5.32 Å². The number of halogens is 1. The van der Waals surface area contributed by atoms with Crippen LogP contribution in [0.25, 0.3) is 0 Å². The molecule has 2 aromatic carbocycles. The van der Waals surface area contributed by atoms with Gasteiger partial charge in [-0.05, 0) is 43.5 Å². The maximum Gasteiger partial charge on any atom is 0.271 e. The van der Waals surface area contributed by atoms with Crippen molar-refractivity contribution in [2.24, 2.45) is 0 Å². The Bertz CT molecular complexity index is 1060. The van der Waals surface area contributed by atoms with Crippen LogP contribution in [0.15, 0.2) is 36.4 Å². The third-order valence-electron chi connectivity index (χ3n) is 4.43. The first-order chi connectivity index (χ1) is 13.5. The smallest absolute Gasteiger partial charge is 0.271 e. The molecule has 2 rings (SSSR count). The van der Waals surface area contributed by atoms with E-state index in [-0.39, 0.29) is 17.8 Å². The topological polar surface area (TPSA) is 110 Å². The fraction of sp³-hybridized carbons (Fsp3) is 0.316. The standard InChI is InChI=1S/C19H22ClN3O5S/c1-5-17(19(24)21-16-10-14(20)8-6-12(16)2)22(29(4,27)28)18-11-15(23(25)26)9-7-13(18)3/h6-11,17H,5H2,1-4H3,(H,21,24). The summed E-state index contributed by atoms with van der Waals surface area (Å²) in [5.74, 6) is -0.561. The third-order valence-corrected chi connectivity index (χ3v) is 5.83. The summed E-state index contributed by atoms with van der Waals surface area (Å²) in [5, 5.41) is 14.3. The van der Waals surface area contributed by atoms with Gasteiger partial charge in [-0.1, -0.05) is 30.7 Å². The molecule has 1 N–H and O–H groups in total. The zero-order valence-electron chi connectivity index (χ0n) is 16.5. The fourth-order valence-corrected chi connectivity index (χ4v) is 4.36. The summed E-state index contributed by atoms with van der Waals surface area (Å²) in [6.45, 7) is 5.08. The van der Waals surface area contributed by atoms with E-state index in [4.69, 9.17) is 11.6 Å². The summed E-state index contributed by atoms with van der Waals surface area (Å²) in [6.07, 6.45) is 1.12. The van der Waals surface area contributed by atoms with Gasteiger partial charge in [-0.25, -0.2) is 8.42 Å². The Morgan fingerprint density at radius 2 is 1.83 bits per heavy atom. The van der Waals surface area contributed by atoms with Gasteiger partial charge in [-0.15, -0.1) is 0 Å². The van der Waals surface area contributed by atoms with Crippen LogP contribution in [0.2, 0.25) is 5.02 Å². The number of nitro benzene ring substituents is 1. The molecule has 0 bridgehead atoms. The number of non-ortho nitro benzene ring substituents is 1. The van der Waals surface area contributed by atoms with Gasteiger partial charge in [0.05, 0.1) is 16.9 Å². The van der Waals surface area contributed by atoms with Gasteiger partial charge >= 0.3 is 0 Å². The molecule has 2 aromatic rings. The average molecular weight is 440 g/mol. The second-order valence-corrected chi connectivity index (χ2v) is 8.96. The lowest BCUT2D eigenvalue weighted by molar-refractivity contribution is -0.384. The second-order valence-electron chi connectivity index (χ2n) is 6.66. The van der Waals surface area contributed by atoms with Crippen molar-refractivity contribution in [3.8, 4) is 0 Å². The maximum absolute atomic E-state index is 13.0. The fourth-order valence-electron chi connectivity index (χ4n) is 2.93. The van der Waals surface area contributed by atoms with Crippen molar-refractivity contribution >= 4 is 44.6 Å². The second kappa shape index (κ2) is 8.79. The highest BCUT2D eigenvalue weighted by Crippen LogP contribution is 2.31. The number of sulfonamides is 1. The minimum absolute atomic E-state index is 0.0894. The van der Waals surface area contributed by atoms with E-state index in [1.54, 1.807) is 39.0 Å². The average Bonchev–Trinajstić information content (AvgIpc) is 2.62. The molecule has 0 radical (unpaired) electrons. The Balaban J connectivity index is 2.53. The van der Waals surface area contributed by atoms with E-state index in [1.165, 1.54) is 12.1 Å². The monoisotopic (exact) mass is 439 g/mol. The van der Waals surface area contributed by atoms with Gasteiger partial charge in [-0.2, -0.15) is 0 Å². The van der Waals surface area contributed by atoms with Gasteiger partial charge in [0.25, 0.3) is 5.69 Å². The quantitative estimate of drug-likeness (QED) is 0.517. The summed E-state index contributed by atoms with van der Waals surface area (Å²) in [7, 11) is -3.93. The number of hydrogen-bond acceptors (Lipinski definition) is 5. The number of nitrogens with zero attached hydrogens (tertiary/aromatic N) is 2. The Morgan fingerprint density at radius 1 is 1.21 bits per heavy atom. The number of carbonyl (C=O) groups is 1. The summed E-state index contributed by atoms with van der Waals surface area (Å²) < 4.78 is 26.1. The number of carbonyl (C=O) groups excluding carboxylic acids is 1. The third kappa shape index (κ3) is 5.24. The summed E-state index contributed by atoms with van der Waals surface area (Å²) in [4.78, 5) is 23.6. The molecule has 10 heteroatoms. The molecule has 0 spiro atoms. The van der Waals surface area contributed by atoms with Crippen LogP contribution in [0, 0.1) is 24.0 Å². The maximum atomic E-state index is 13.0. The normalized spacial score (nSPS) is 12.3. The molecule has 1 atom stereocenters. The molecular formula is C19H22ClN3O5S. The molecule has 0 aliphatic carbocycles. The van der Waals surface area contributed by atoms with Crippen molar-refractivity contribution < 1.29 is 18.1 Å². The molecule has 29 heavy (non-hydrogen) atoms. The number of rotatable bonds is 7. The Kier molecular flexibility index (Phi) is 6.86. The van der Waals surface area contributed by atoms with E-state index >= 15 is 0 Å². The van der Waals surface area contributed by atoms with Crippen molar-refractivity contribution in [1.82, 2.24) is 0 Å². The van der Waals surface area contributed by atoms with Gasteiger partial charge in [0, 0.05) is 22.8 Å². The van der Waals surface area contributed by atoms with Crippen molar-refractivity contribution in [1.29, 1.82) is 0 Å². The van der Waals surface area contributed by atoms with E-state index < -0.39 is 26.9 Å². The van der Waals surface area contributed by atoms with Crippen molar-refractivity contribution in [3.05, 3.63) is 62.7 Å². The van der Waals surface area contributed by atoms with E-state index in [9.17, 15) is 23.3 Å². The lowest BCUT2D eigenvalue weighted by Crippen LogP contribution is -2.47. The minimum Gasteiger partial charge on any atom is -0.324 e. The zero-order chi connectivity index (χ0) is 21.9. The zero-order valence-corrected chi connectivity index (χ0v) is 18.0. The van der Waals surface area contributed by atoms with Crippen molar-refractivity contribution in [2.45, 2.75) is 33.2 Å². The highest BCUT2D eigenvalue weighted by Gasteiger charge is 2.33. The van der Waals surface area contributed by atoms with Crippen molar-refractivity contribution in [2.75, 3.05) is 15.9 Å². The number of aryl methyl sites for hydroxylation is 2. The first-order valence-corrected chi connectivity index (χ1v) is 11.0. The van der Waals surface area contributed by atoms with Crippen LogP contribution >= 0.6 is 11.6 Å². The van der Waals surface area contributed by atoms with Gasteiger partial charge in [0.15, 0.2) is 0 Å². The van der Waals surface area contributed by atoms with E-state index in [0.717, 1.165) is 22.2 Å². The van der Waals surface area contributed by atoms with Gasteiger partial charge in [-0.3, -0.25) is 19.2 Å². The highest BCUT2D eigenvalue weighted by molar-refractivity contribution is 7.92. The predicted molar refractivity (Wildman–Crippen MR) is 114 cm³/mol. The summed E-state index contributed by atoms with van der Waals surface area (Å²) in [5.41, 5.74) is 1.54. The SMILES string of the molecule is CCC(C(=O)Nc1cc(Cl)ccc1C)N(c1cc([N+](=O)[O-])ccc1C)S(C)(=O)=O. The van der Waals surface area contributed by atoms with Crippen LogP contribution in [0.4, 0.5) is 17.1 Å². The number of amides is 1. The van der Waals surface area contributed by atoms with E-state index in [1.807, 2.05) is 0 Å². The summed E-state index contributed by atoms with van der Waals surface area (Å²) in [6, 6.07) is 7.79. The Morgan fingerprint density at radius 3 is 2.38 bits per heavy atom. The van der Waals surface area contributed by atoms with Crippen LogP contribution < -0.4 is 9.62 Å². The highest BCUT2D eigenvalue weighted by atomic mass is 35.5. The molecular weight excluding hydrogens is 418 g/mol. The molecule has 0 aromatic heterocycles. The van der Waals surface area contributed by atoms with Gasteiger partial charge in [0.1, 0.15) is 6.04 Å². The number of nitrogens with one attached hydrogen (secondary N) is 1. The first kappa shape index (κ1) is 22.6. The lowest BCUT2D eigenvalue weighted by Gasteiger charge is -2.31. The number of hydrogen-bond donors (Lipinski definition) is 1. The number of nitro groups is 1. The van der Waals surface area contributed by atoms with Crippen LogP contribution in [-0.4, -0.2) is 31.5 Å². The van der Waals surface area contributed by atoms with Gasteiger partial charge in [0.2, 0.25) is 15.9 Å².